The Kier molecular flexibility index (Phi) is 6.07. The van der Waals surface area contributed by atoms with Gasteiger partial charge in [-0.05, 0) is 40.2 Å². The first-order valence-corrected chi connectivity index (χ1v) is 8.41. The minimum Gasteiger partial charge on any atom is -0.406 e. The zero-order valence-corrected chi connectivity index (χ0v) is 15.2. The van der Waals surface area contributed by atoms with Gasteiger partial charge in [0.15, 0.2) is 0 Å². The molecule has 1 aromatic carbocycles. The number of anilines is 1. The minimum atomic E-state index is -4.82. The number of hydrogen-bond donors (Lipinski definition) is 1. The third-order valence-electron chi connectivity index (χ3n) is 2.86. The number of ether oxygens (including phenoxy) is 1. The number of hydrogen-bond acceptors (Lipinski definition) is 4. The van der Waals surface area contributed by atoms with Crippen molar-refractivity contribution in [3.8, 4) is 5.75 Å². The number of alkyl halides is 3. The fraction of sp³-hybridized carbons (Fsp3) is 0.200. The third kappa shape index (κ3) is 6.05. The Labute approximate surface area is 153 Å². The summed E-state index contributed by atoms with van der Waals surface area (Å²) >= 11 is 4.48. The predicted octanol–water partition coefficient (Wildman–Crippen LogP) is 4.12. The minimum absolute atomic E-state index is 0.131. The molecule has 134 valence electrons. The Morgan fingerprint density at radius 2 is 2.00 bits per heavy atom. The lowest BCUT2D eigenvalue weighted by Crippen LogP contribution is -2.34. The molecule has 1 aromatic heterocycles. The second kappa shape index (κ2) is 7.87. The van der Waals surface area contributed by atoms with E-state index in [-0.39, 0.29) is 18.1 Å². The SMILES string of the molecule is CN(CC(=O)Nc1cccc(OC(F)(F)F)c1)C(=O)c1ccc(Br)s1. The summed E-state index contributed by atoms with van der Waals surface area (Å²) < 4.78 is 41.2. The third-order valence-corrected chi connectivity index (χ3v) is 4.47. The van der Waals surface area contributed by atoms with Crippen molar-refractivity contribution in [1.82, 2.24) is 4.90 Å². The average molecular weight is 437 g/mol. The second-order valence-corrected chi connectivity index (χ2v) is 7.35. The van der Waals surface area contributed by atoms with Crippen LogP contribution in [0.4, 0.5) is 18.9 Å². The van der Waals surface area contributed by atoms with Crippen molar-refractivity contribution in [2.75, 3.05) is 18.9 Å². The van der Waals surface area contributed by atoms with E-state index >= 15 is 0 Å². The van der Waals surface area contributed by atoms with Gasteiger partial charge in [0, 0.05) is 18.8 Å². The molecular formula is C15H12BrF3N2O3S. The molecule has 0 aliphatic carbocycles. The lowest BCUT2D eigenvalue weighted by Gasteiger charge is -2.16. The molecule has 2 aromatic rings. The number of likely N-dealkylation sites (N-methyl/N-ethyl adjacent to an activating group) is 1. The smallest absolute Gasteiger partial charge is 0.406 e. The Bertz CT molecular complexity index is 779. The summed E-state index contributed by atoms with van der Waals surface area (Å²) in [5.74, 6) is -1.33. The van der Waals surface area contributed by atoms with Crippen LogP contribution >= 0.6 is 27.3 Å². The number of amides is 2. The van der Waals surface area contributed by atoms with Gasteiger partial charge in [0.25, 0.3) is 5.91 Å². The topological polar surface area (TPSA) is 58.6 Å². The van der Waals surface area contributed by atoms with Crippen LogP contribution in [-0.4, -0.2) is 36.7 Å². The Hall–Kier alpha value is -2.07. The fourth-order valence-corrected chi connectivity index (χ4v) is 3.26. The van der Waals surface area contributed by atoms with Crippen molar-refractivity contribution in [1.29, 1.82) is 0 Å². The molecule has 0 spiro atoms. The number of carbonyl (C=O) groups is 2. The van der Waals surface area contributed by atoms with E-state index in [0.717, 1.165) is 15.9 Å². The molecule has 0 aliphatic rings. The van der Waals surface area contributed by atoms with E-state index in [0.29, 0.717) is 4.88 Å². The Balaban J connectivity index is 1.95. The number of thiophene rings is 1. The summed E-state index contributed by atoms with van der Waals surface area (Å²) in [6.45, 7) is -0.251. The number of carbonyl (C=O) groups excluding carboxylic acids is 2. The molecule has 0 saturated carbocycles. The maximum atomic E-state index is 12.2. The molecule has 0 aliphatic heterocycles. The monoisotopic (exact) mass is 436 g/mol. The predicted molar refractivity (Wildman–Crippen MR) is 90.7 cm³/mol. The number of rotatable bonds is 5. The fourth-order valence-electron chi connectivity index (χ4n) is 1.88. The first-order chi connectivity index (χ1) is 11.6. The standard InChI is InChI=1S/C15H12BrF3N2O3S/c1-21(14(23)11-5-6-12(16)25-11)8-13(22)20-9-3-2-4-10(7-9)24-15(17,18)19/h2-7H,8H2,1H3,(H,20,22). The van der Waals surface area contributed by atoms with E-state index in [1.165, 1.54) is 35.4 Å². The zero-order valence-electron chi connectivity index (χ0n) is 12.8. The highest BCUT2D eigenvalue weighted by Crippen LogP contribution is 2.25. The number of halogens is 4. The van der Waals surface area contributed by atoms with Gasteiger partial charge in [0.05, 0.1) is 15.2 Å². The summed E-state index contributed by atoms with van der Waals surface area (Å²) in [6.07, 6.45) is -4.82. The van der Waals surface area contributed by atoms with Gasteiger partial charge in [-0.2, -0.15) is 0 Å². The lowest BCUT2D eigenvalue weighted by atomic mass is 10.3. The van der Waals surface area contributed by atoms with E-state index in [2.05, 4.69) is 26.0 Å². The van der Waals surface area contributed by atoms with Gasteiger partial charge in [0.2, 0.25) is 5.91 Å². The largest absolute Gasteiger partial charge is 0.573 e. The lowest BCUT2D eigenvalue weighted by molar-refractivity contribution is -0.274. The molecule has 0 fully saturated rings. The number of nitrogens with one attached hydrogen (secondary N) is 1. The van der Waals surface area contributed by atoms with E-state index in [9.17, 15) is 22.8 Å². The van der Waals surface area contributed by atoms with E-state index in [1.54, 1.807) is 12.1 Å². The van der Waals surface area contributed by atoms with E-state index in [1.807, 2.05) is 0 Å². The van der Waals surface area contributed by atoms with Crippen molar-refractivity contribution in [3.05, 3.63) is 45.1 Å². The first kappa shape index (κ1) is 19.3. The second-order valence-electron chi connectivity index (χ2n) is 4.89. The molecule has 1 N–H and O–H groups in total. The van der Waals surface area contributed by atoms with Crippen molar-refractivity contribution in [2.45, 2.75) is 6.36 Å². The molecule has 5 nitrogen and oxygen atoms in total. The summed E-state index contributed by atoms with van der Waals surface area (Å²) in [4.78, 5) is 25.8. The van der Waals surface area contributed by atoms with Crippen LogP contribution in [0, 0.1) is 0 Å². The molecule has 2 rings (SSSR count). The van der Waals surface area contributed by atoms with Crippen molar-refractivity contribution in [3.63, 3.8) is 0 Å². The molecule has 25 heavy (non-hydrogen) atoms. The van der Waals surface area contributed by atoms with Crippen LogP contribution in [0.25, 0.3) is 0 Å². The van der Waals surface area contributed by atoms with Gasteiger partial charge < -0.3 is 15.0 Å². The highest BCUT2D eigenvalue weighted by Gasteiger charge is 2.31. The van der Waals surface area contributed by atoms with Gasteiger partial charge in [-0.1, -0.05) is 6.07 Å². The van der Waals surface area contributed by atoms with Crippen LogP contribution in [0.3, 0.4) is 0 Å². The zero-order chi connectivity index (χ0) is 18.6. The molecule has 10 heteroatoms. The summed E-state index contributed by atoms with van der Waals surface area (Å²) in [7, 11) is 1.46. The summed E-state index contributed by atoms with van der Waals surface area (Å²) in [5.41, 5.74) is 0.131. The van der Waals surface area contributed by atoms with Crippen molar-refractivity contribution >= 4 is 44.8 Å². The van der Waals surface area contributed by atoms with Crippen LogP contribution in [0.5, 0.6) is 5.75 Å². The van der Waals surface area contributed by atoms with Crippen molar-refractivity contribution < 1.29 is 27.5 Å². The van der Waals surface area contributed by atoms with Crippen LogP contribution in [0.2, 0.25) is 0 Å². The molecule has 0 bridgehead atoms. The molecule has 0 unspecified atom stereocenters. The Morgan fingerprint density at radius 1 is 1.28 bits per heavy atom. The number of benzene rings is 1. The van der Waals surface area contributed by atoms with Gasteiger partial charge in [-0.15, -0.1) is 24.5 Å². The van der Waals surface area contributed by atoms with Crippen LogP contribution in [0.15, 0.2) is 40.2 Å². The normalized spacial score (nSPS) is 11.1. The molecule has 2 amide bonds. The van der Waals surface area contributed by atoms with Gasteiger partial charge in [-0.25, -0.2) is 0 Å². The molecular weight excluding hydrogens is 425 g/mol. The Morgan fingerprint density at radius 3 is 2.60 bits per heavy atom. The van der Waals surface area contributed by atoms with Gasteiger partial charge in [0.1, 0.15) is 5.75 Å². The molecule has 0 atom stereocenters. The highest BCUT2D eigenvalue weighted by atomic mass is 79.9. The van der Waals surface area contributed by atoms with Crippen molar-refractivity contribution in [2.24, 2.45) is 0 Å². The van der Waals surface area contributed by atoms with E-state index in [4.69, 9.17) is 0 Å². The molecule has 0 radical (unpaired) electrons. The molecule has 1 heterocycles. The first-order valence-electron chi connectivity index (χ1n) is 6.80. The number of nitrogens with zero attached hydrogens (tertiary/aromatic N) is 1. The summed E-state index contributed by atoms with van der Waals surface area (Å²) in [6, 6.07) is 8.24. The highest BCUT2D eigenvalue weighted by molar-refractivity contribution is 9.11. The maximum absolute atomic E-state index is 12.2. The average Bonchev–Trinajstić information content (AvgIpc) is 2.91. The van der Waals surface area contributed by atoms with Crippen LogP contribution in [-0.2, 0) is 4.79 Å². The van der Waals surface area contributed by atoms with E-state index < -0.39 is 18.0 Å². The van der Waals surface area contributed by atoms with Gasteiger partial charge in [-0.3, -0.25) is 9.59 Å². The molecule has 0 saturated heterocycles. The van der Waals surface area contributed by atoms with Gasteiger partial charge >= 0.3 is 6.36 Å². The van der Waals surface area contributed by atoms with Crippen LogP contribution in [0.1, 0.15) is 9.67 Å². The summed E-state index contributed by atoms with van der Waals surface area (Å²) in [5, 5.41) is 2.42. The quantitative estimate of drug-likeness (QED) is 0.766. The maximum Gasteiger partial charge on any atom is 0.573 e. The van der Waals surface area contributed by atoms with Crippen LogP contribution < -0.4 is 10.1 Å².